The maximum atomic E-state index is 11.7. The van der Waals surface area contributed by atoms with Crippen LogP contribution in [0.25, 0.3) is 0 Å². The van der Waals surface area contributed by atoms with E-state index in [4.69, 9.17) is 34.8 Å². The molecule has 0 atom stereocenters. The van der Waals surface area contributed by atoms with Crippen molar-refractivity contribution in [1.29, 1.82) is 0 Å². The minimum atomic E-state index is -1.33. The maximum absolute atomic E-state index is 11.7. The number of halogens is 3. The third-order valence-corrected chi connectivity index (χ3v) is 6.46. The lowest BCUT2D eigenvalue weighted by atomic mass is 9.82. The molecule has 0 heterocycles. The summed E-state index contributed by atoms with van der Waals surface area (Å²) in [5.74, 6) is -4.21. The van der Waals surface area contributed by atoms with Crippen LogP contribution >= 0.6 is 34.8 Å². The minimum Gasteiger partial charge on any atom is -0.507 e. The number of rotatable bonds is 5. The average molecular weight is 496 g/mol. The van der Waals surface area contributed by atoms with Gasteiger partial charge in [-0.1, -0.05) is 53.0 Å². The Labute approximate surface area is 198 Å². The Hall–Kier alpha value is -2.93. The molecule has 0 aliphatic rings. The lowest BCUT2D eigenvalue weighted by Gasteiger charge is -2.23. The van der Waals surface area contributed by atoms with Crippen molar-refractivity contribution in [2.45, 2.75) is 19.8 Å². The highest BCUT2D eigenvalue weighted by Crippen LogP contribution is 2.44. The average Bonchev–Trinajstić information content (AvgIpc) is 2.72. The Bertz CT molecular complexity index is 1200. The fourth-order valence-corrected chi connectivity index (χ4v) is 4.24. The number of carboxylic acid groups (broad SMARTS) is 2. The van der Waals surface area contributed by atoms with Crippen molar-refractivity contribution in [3.8, 4) is 11.5 Å². The molecule has 0 amide bonds. The molecule has 0 aromatic heterocycles. The third-order valence-electron chi connectivity index (χ3n) is 5.15. The van der Waals surface area contributed by atoms with Gasteiger partial charge in [-0.05, 0) is 59.9 Å². The van der Waals surface area contributed by atoms with Crippen molar-refractivity contribution in [2.75, 3.05) is 0 Å². The van der Waals surface area contributed by atoms with Crippen LogP contribution in [0.4, 0.5) is 0 Å². The Morgan fingerprint density at radius 1 is 0.750 bits per heavy atom. The number of phenols is 2. The van der Waals surface area contributed by atoms with Gasteiger partial charge in [0.1, 0.15) is 22.6 Å². The molecule has 0 radical (unpaired) electrons. The van der Waals surface area contributed by atoms with Gasteiger partial charge in [-0.2, -0.15) is 0 Å². The summed E-state index contributed by atoms with van der Waals surface area (Å²) in [5.41, 5.74) is 1.22. The second-order valence-corrected chi connectivity index (χ2v) is 8.44. The predicted octanol–water partition coefficient (Wildman–Crippen LogP) is 6.25. The summed E-state index contributed by atoms with van der Waals surface area (Å²) in [6, 6.07) is 8.86. The van der Waals surface area contributed by atoms with Gasteiger partial charge in [-0.25, -0.2) is 9.59 Å². The van der Waals surface area contributed by atoms with Crippen molar-refractivity contribution in [1.82, 2.24) is 0 Å². The van der Waals surface area contributed by atoms with Crippen molar-refractivity contribution in [3.05, 3.63) is 90.4 Å². The van der Waals surface area contributed by atoms with Crippen LogP contribution in [0.1, 0.15) is 54.5 Å². The second kappa shape index (κ2) is 8.90. The van der Waals surface area contributed by atoms with Crippen molar-refractivity contribution in [3.63, 3.8) is 0 Å². The van der Waals surface area contributed by atoms with Crippen molar-refractivity contribution < 1.29 is 30.0 Å². The molecule has 0 spiro atoms. The molecule has 32 heavy (non-hydrogen) atoms. The lowest BCUT2D eigenvalue weighted by molar-refractivity contribution is 0.0682. The topological polar surface area (TPSA) is 115 Å². The second-order valence-electron chi connectivity index (χ2n) is 7.28. The summed E-state index contributed by atoms with van der Waals surface area (Å²) in [4.78, 5) is 23.4. The van der Waals surface area contributed by atoms with E-state index in [1.807, 2.05) is 0 Å². The van der Waals surface area contributed by atoms with Gasteiger partial charge < -0.3 is 20.4 Å². The summed E-state index contributed by atoms with van der Waals surface area (Å²) < 4.78 is 0. The summed E-state index contributed by atoms with van der Waals surface area (Å²) in [6.45, 7) is 3.09. The van der Waals surface area contributed by atoms with E-state index in [1.165, 1.54) is 18.2 Å². The number of hydrogen-bond acceptors (Lipinski definition) is 4. The zero-order chi connectivity index (χ0) is 23.9. The molecule has 3 rings (SSSR count). The standard InChI is InChI=1S/C23H17Cl3O6/c1-9-5-11(7-14(20(9)27)22(29)30)17(13-3-4-16(24)19(26)18(13)25)12-6-10(2)21(28)15(8-12)23(31)32/h3-8,17,27-28H,1-2H3,(H,29,30)(H,31,32). The van der Waals surface area contributed by atoms with Crippen LogP contribution in [0.3, 0.4) is 0 Å². The molecule has 0 unspecified atom stereocenters. The van der Waals surface area contributed by atoms with E-state index in [0.717, 1.165) is 0 Å². The van der Waals surface area contributed by atoms with Crippen LogP contribution in [0.15, 0.2) is 36.4 Å². The molecule has 4 N–H and O–H groups in total. The zero-order valence-corrected chi connectivity index (χ0v) is 19.0. The quantitative estimate of drug-likeness (QED) is 0.246. The third kappa shape index (κ3) is 4.21. The van der Waals surface area contributed by atoms with Crippen LogP contribution < -0.4 is 0 Å². The first-order valence-electron chi connectivity index (χ1n) is 9.21. The molecule has 0 fully saturated rings. The van der Waals surface area contributed by atoms with Gasteiger partial charge >= 0.3 is 11.9 Å². The van der Waals surface area contributed by atoms with E-state index in [-0.39, 0.29) is 37.7 Å². The van der Waals surface area contributed by atoms with Gasteiger partial charge in [0.15, 0.2) is 0 Å². The summed E-state index contributed by atoms with van der Waals surface area (Å²) in [5, 5.41) is 39.8. The highest BCUT2D eigenvalue weighted by Gasteiger charge is 2.27. The van der Waals surface area contributed by atoms with E-state index in [1.54, 1.807) is 32.0 Å². The van der Waals surface area contributed by atoms with Gasteiger partial charge in [0, 0.05) is 5.92 Å². The first kappa shape index (κ1) is 23.7. The van der Waals surface area contributed by atoms with Gasteiger partial charge in [0.2, 0.25) is 0 Å². The molecule has 0 aliphatic carbocycles. The highest BCUT2D eigenvalue weighted by molar-refractivity contribution is 6.48. The summed E-state index contributed by atoms with van der Waals surface area (Å²) in [6.07, 6.45) is 0. The Kier molecular flexibility index (Phi) is 6.60. The number of benzene rings is 3. The van der Waals surface area contributed by atoms with Crippen LogP contribution in [-0.4, -0.2) is 32.4 Å². The van der Waals surface area contributed by atoms with Crippen LogP contribution in [0.5, 0.6) is 11.5 Å². The lowest BCUT2D eigenvalue weighted by Crippen LogP contribution is -2.10. The van der Waals surface area contributed by atoms with Crippen molar-refractivity contribution in [2.24, 2.45) is 0 Å². The maximum Gasteiger partial charge on any atom is 0.339 e. The van der Waals surface area contributed by atoms with Crippen molar-refractivity contribution >= 4 is 46.7 Å². The first-order chi connectivity index (χ1) is 14.9. The van der Waals surface area contributed by atoms with Crippen LogP contribution in [-0.2, 0) is 0 Å². The smallest absolute Gasteiger partial charge is 0.339 e. The number of aryl methyl sites for hydroxylation is 2. The molecule has 9 heteroatoms. The van der Waals surface area contributed by atoms with E-state index in [9.17, 15) is 30.0 Å². The summed E-state index contributed by atoms with van der Waals surface area (Å²) >= 11 is 18.8. The SMILES string of the molecule is Cc1cc(C(c2cc(C)c(O)c(C(=O)O)c2)c2ccc(Cl)c(Cl)c2Cl)cc(C(=O)O)c1O. The molecular weight excluding hydrogens is 479 g/mol. The molecule has 0 aliphatic heterocycles. The van der Waals surface area contributed by atoms with Crippen LogP contribution in [0.2, 0.25) is 15.1 Å². The molecule has 0 saturated heterocycles. The van der Waals surface area contributed by atoms with E-state index >= 15 is 0 Å². The molecule has 6 nitrogen and oxygen atoms in total. The normalized spacial score (nSPS) is 11.1. The van der Waals surface area contributed by atoms with E-state index in [0.29, 0.717) is 27.8 Å². The molecule has 0 saturated carbocycles. The zero-order valence-electron chi connectivity index (χ0n) is 16.8. The monoisotopic (exact) mass is 494 g/mol. The van der Waals surface area contributed by atoms with E-state index in [2.05, 4.69) is 0 Å². The highest BCUT2D eigenvalue weighted by atomic mass is 35.5. The Morgan fingerprint density at radius 2 is 1.19 bits per heavy atom. The van der Waals surface area contributed by atoms with E-state index < -0.39 is 17.9 Å². The minimum absolute atomic E-state index is 0.0822. The van der Waals surface area contributed by atoms with Gasteiger partial charge in [-0.3, -0.25) is 0 Å². The fraction of sp³-hybridized carbons (Fsp3) is 0.130. The number of aromatic hydroxyl groups is 2. The largest absolute Gasteiger partial charge is 0.507 e. The fourth-order valence-electron chi connectivity index (χ4n) is 3.59. The molecule has 0 bridgehead atoms. The predicted molar refractivity (Wildman–Crippen MR) is 122 cm³/mol. The number of aromatic carboxylic acids is 2. The van der Waals surface area contributed by atoms with Gasteiger partial charge in [0.05, 0.1) is 15.1 Å². The molecule has 166 valence electrons. The van der Waals surface area contributed by atoms with Gasteiger partial charge in [-0.15, -0.1) is 0 Å². The number of carbonyl (C=O) groups is 2. The summed E-state index contributed by atoms with van der Waals surface area (Å²) in [7, 11) is 0. The number of carboxylic acids is 2. The Balaban J connectivity index is 2.42. The molecule has 3 aromatic rings. The van der Waals surface area contributed by atoms with Crippen LogP contribution in [0, 0.1) is 13.8 Å². The Morgan fingerprint density at radius 3 is 1.59 bits per heavy atom. The van der Waals surface area contributed by atoms with Gasteiger partial charge in [0.25, 0.3) is 0 Å². The molecule has 3 aromatic carbocycles. The molecular formula is C23H17Cl3O6. The first-order valence-corrected chi connectivity index (χ1v) is 10.3. The number of hydrogen-bond donors (Lipinski definition) is 4.